The van der Waals surface area contributed by atoms with Crippen molar-refractivity contribution in [1.29, 1.82) is 0 Å². The highest BCUT2D eigenvalue weighted by Gasteiger charge is 2.18. The van der Waals surface area contributed by atoms with Gasteiger partial charge < -0.3 is 4.57 Å². The van der Waals surface area contributed by atoms with Gasteiger partial charge in [0.2, 0.25) is 0 Å². The van der Waals surface area contributed by atoms with Crippen LogP contribution in [0.15, 0.2) is 23.3 Å². The number of hydrogen-bond donors (Lipinski definition) is 0. The largest absolute Gasteiger partial charge is 0.302 e. The van der Waals surface area contributed by atoms with Crippen molar-refractivity contribution in [2.75, 3.05) is 0 Å². The molecule has 5 heteroatoms. The molecule has 0 fully saturated rings. The van der Waals surface area contributed by atoms with E-state index in [0.29, 0.717) is 5.39 Å². The Bertz CT molecular complexity index is 915. The van der Waals surface area contributed by atoms with Gasteiger partial charge in [0, 0.05) is 17.5 Å². The standard InChI is InChI=1S/C17H17N3OS/c1-10-7-11(15-12(8-10)17(21)20(2)9-18-15)16-19-13-5-3-4-6-14(13)22-16/h7-9H,3-6H2,1-2H3. The van der Waals surface area contributed by atoms with E-state index in [1.165, 1.54) is 28.0 Å². The van der Waals surface area contributed by atoms with Gasteiger partial charge >= 0.3 is 0 Å². The van der Waals surface area contributed by atoms with E-state index in [9.17, 15) is 4.79 Å². The lowest BCUT2D eigenvalue weighted by molar-refractivity contribution is 0.682. The van der Waals surface area contributed by atoms with Gasteiger partial charge in [0.15, 0.2) is 0 Å². The third-order valence-corrected chi connectivity index (χ3v) is 5.43. The molecule has 0 atom stereocenters. The smallest absolute Gasteiger partial charge is 0.260 e. The highest BCUT2D eigenvalue weighted by atomic mass is 32.1. The molecule has 0 spiro atoms. The van der Waals surface area contributed by atoms with Crippen LogP contribution >= 0.6 is 11.3 Å². The molecule has 4 rings (SSSR count). The number of hydrogen-bond acceptors (Lipinski definition) is 4. The van der Waals surface area contributed by atoms with Gasteiger partial charge in [-0.15, -0.1) is 11.3 Å². The van der Waals surface area contributed by atoms with Crippen LogP contribution in [0.1, 0.15) is 29.0 Å². The molecule has 1 aliphatic carbocycles. The second-order valence-electron chi connectivity index (χ2n) is 5.97. The maximum Gasteiger partial charge on any atom is 0.260 e. The summed E-state index contributed by atoms with van der Waals surface area (Å²) in [5.74, 6) is 0. The summed E-state index contributed by atoms with van der Waals surface area (Å²) in [6.07, 6.45) is 6.28. The summed E-state index contributed by atoms with van der Waals surface area (Å²) in [5.41, 5.74) is 4.06. The second kappa shape index (κ2) is 5.02. The molecule has 1 aliphatic rings. The Morgan fingerprint density at radius 1 is 1.23 bits per heavy atom. The quantitative estimate of drug-likeness (QED) is 0.693. The zero-order chi connectivity index (χ0) is 15.3. The van der Waals surface area contributed by atoms with E-state index in [2.05, 4.69) is 11.1 Å². The number of rotatable bonds is 1. The lowest BCUT2D eigenvalue weighted by Crippen LogP contribution is -2.17. The van der Waals surface area contributed by atoms with E-state index >= 15 is 0 Å². The summed E-state index contributed by atoms with van der Waals surface area (Å²) in [7, 11) is 1.73. The first kappa shape index (κ1) is 13.6. The van der Waals surface area contributed by atoms with Crippen LogP contribution in [0.2, 0.25) is 0 Å². The molecule has 0 aliphatic heterocycles. The molecule has 2 heterocycles. The van der Waals surface area contributed by atoms with Gasteiger partial charge in [0.1, 0.15) is 5.01 Å². The Labute approximate surface area is 132 Å². The fourth-order valence-corrected chi connectivity index (χ4v) is 4.26. The maximum atomic E-state index is 12.4. The van der Waals surface area contributed by atoms with Crippen LogP contribution < -0.4 is 5.56 Å². The minimum absolute atomic E-state index is 0.00345. The van der Waals surface area contributed by atoms with Crippen molar-refractivity contribution in [2.45, 2.75) is 32.6 Å². The van der Waals surface area contributed by atoms with E-state index in [0.717, 1.165) is 34.5 Å². The first-order valence-electron chi connectivity index (χ1n) is 7.58. The lowest BCUT2D eigenvalue weighted by Gasteiger charge is -2.06. The second-order valence-corrected chi connectivity index (χ2v) is 7.05. The van der Waals surface area contributed by atoms with Gasteiger partial charge in [-0.3, -0.25) is 4.79 Å². The zero-order valence-corrected chi connectivity index (χ0v) is 13.5. The lowest BCUT2D eigenvalue weighted by atomic mass is 10.0. The number of aromatic nitrogens is 3. The number of thiazole rings is 1. The third kappa shape index (κ3) is 2.08. The molecule has 0 radical (unpaired) electrons. The van der Waals surface area contributed by atoms with Gasteiger partial charge in [0.25, 0.3) is 5.56 Å². The van der Waals surface area contributed by atoms with Gasteiger partial charge in [-0.1, -0.05) is 0 Å². The Morgan fingerprint density at radius 2 is 2.05 bits per heavy atom. The Kier molecular flexibility index (Phi) is 3.11. The first-order chi connectivity index (χ1) is 10.6. The van der Waals surface area contributed by atoms with Crippen LogP contribution in [0, 0.1) is 6.92 Å². The molecule has 0 saturated heterocycles. The van der Waals surface area contributed by atoms with E-state index < -0.39 is 0 Å². The SMILES string of the molecule is Cc1cc(-c2nc3c(s2)CCCC3)c2ncn(C)c(=O)c2c1. The van der Waals surface area contributed by atoms with Crippen molar-refractivity contribution in [3.05, 3.63) is 44.9 Å². The summed E-state index contributed by atoms with van der Waals surface area (Å²) < 4.78 is 1.53. The molecule has 0 amide bonds. The minimum Gasteiger partial charge on any atom is -0.302 e. The number of fused-ring (bicyclic) bond motifs is 2. The maximum absolute atomic E-state index is 12.4. The fourth-order valence-electron chi connectivity index (χ4n) is 3.10. The van der Waals surface area contributed by atoms with Gasteiger partial charge in [-0.2, -0.15) is 0 Å². The van der Waals surface area contributed by atoms with Crippen molar-refractivity contribution in [3.8, 4) is 10.6 Å². The van der Waals surface area contributed by atoms with Crippen molar-refractivity contribution in [3.63, 3.8) is 0 Å². The van der Waals surface area contributed by atoms with Gasteiger partial charge in [-0.25, -0.2) is 9.97 Å². The Balaban J connectivity index is 2.00. The molecule has 3 aromatic rings. The predicted octanol–water partition coefficient (Wildman–Crippen LogP) is 3.24. The van der Waals surface area contributed by atoms with Gasteiger partial charge in [0.05, 0.1) is 22.9 Å². The highest BCUT2D eigenvalue weighted by molar-refractivity contribution is 7.15. The average Bonchev–Trinajstić information content (AvgIpc) is 2.94. The predicted molar refractivity (Wildman–Crippen MR) is 89.5 cm³/mol. The number of nitrogens with zero attached hydrogens (tertiary/aromatic N) is 3. The van der Waals surface area contributed by atoms with Crippen LogP contribution in [-0.4, -0.2) is 14.5 Å². The highest BCUT2D eigenvalue weighted by Crippen LogP contribution is 2.35. The minimum atomic E-state index is -0.00345. The van der Waals surface area contributed by atoms with Gasteiger partial charge in [-0.05, 0) is 50.3 Å². The molecule has 0 unspecified atom stereocenters. The molecule has 22 heavy (non-hydrogen) atoms. The van der Waals surface area contributed by atoms with Crippen molar-refractivity contribution < 1.29 is 0 Å². The van der Waals surface area contributed by atoms with Crippen LogP contribution in [0.4, 0.5) is 0 Å². The molecule has 2 aromatic heterocycles. The van der Waals surface area contributed by atoms with E-state index in [1.807, 2.05) is 13.0 Å². The molecule has 0 bridgehead atoms. The van der Waals surface area contributed by atoms with Crippen LogP contribution in [0.25, 0.3) is 21.5 Å². The Hall–Kier alpha value is -2.01. The zero-order valence-electron chi connectivity index (χ0n) is 12.7. The summed E-state index contributed by atoms with van der Waals surface area (Å²) in [6, 6.07) is 4.01. The van der Waals surface area contributed by atoms with E-state index in [4.69, 9.17) is 4.98 Å². The first-order valence-corrected chi connectivity index (χ1v) is 8.40. The molecule has 0 saturated carbocycles. The van der Waals surface area contributed by atoms with Crippen molar-refractivity contribution >= 4 is 22.2 Å². The topological polar surface area (TPSA) is 47.8 Å². The molecule has 112 valence electrons. The van der Waals surface area contributed by atoms with Crippen LogP contribution in [0.5, 0.6) is 0 Å². The molecule has 0 N–H and O–H groups in total. The molecule has 4 nitrogen and oxygen atoms in total. The van der Waals surface area contributed by atoms with Crippen molar-refractivity contribution in [2.24, 2.45) is 7.05 Å². The third-order valence-electron chi connectivity index (χ3n) is 4.24. The molecular formula is C17H17N3OS. The summed E-state index contributed by atoms with van der Waals surface area (Å²) in [4.78, 5) is 23.1. The number of aryl methyl sites for hydroxylation is 4. The Morgan fingerprint density at radius 3 is 2.86 bits per heavy atom. The monoisotopic (exact) mass is 311 g/mol. The fraction of sp³-hybridized carbons (Fsp3) is 0.353. The summed E-state index contributed by atoms with van der Waals surface area (Å²) in [5, 5.41) is 1.68. The molecule has 1 aromatic carbocycles. The number of benzene rings is 1. The van der Waals surface area contributed by atoms with Crippen LogP contribution in [0.3, 0.4) is 0 Å². The van der Waals surface area contributed by atoms with E-state index in [-0.39, 0.29) is 5.56 Å². The normalized spacial score (nSPS) is 14.3. The van der Waals surface area contributed by atoms with Crippen LogP contribution in [-0.2, 0) is 19.9 Å². The average molecular weight is 311 g/mol. The summed E-state index contributed by atoms with van der Waals surface area (Å²) in [6.45, 7) is 2.02. The molecular weight excluding hydrogens is 294 g/mol. The van der Waals surface area contributed by atoms with E-state index in [1.54, 1.807) is 24.7 Å². The summed E-state index contributed by atoms with van der Waals surface area (Å²) >= 11 is 1.76. The van der Waals surface area contributed by atoms with Crippen molar-refractivity contribution in [1.82, 2.24) is 14.5 Å².